The van der Waals surface area contributed by atoms with Crippen molar-refractivity contribution >= 4 is 27.7 Å². The predicted molar refractivity (Wildman–Crippen MR) is 41.2 cm³/mol. The second-order valence-electron chi connectivity index (χ2n) is 1.34. The van der Waals surface area contributed by atoms with Crippen LogP contribution in [0.2, 0.25) is 0 Å². The van der Waals surface area contributed by atoms with Crippen molar-refractivity contribution in [2.75, 3.05) is 0 Å². The van der Waals surface area contributed by atoms with Gasteiger partial charge in [-0.05, 0) is 6.08 Å². The molecule has 0 bridgehead atoms. The highest BCUT2D eigenvalue weighted by atomic mass is 35.5. The van der Waals surface area contributed by atoms with E-state index in [0.29, 0.717) is 0 Å². The van der Waals surface area contributed by atoms with Crippen molar-refractivity contribution in [2.45, 2.75) is 0 Å². The summed E-state index contributed by atoms with van der Waals surface area (Å²) in [5, 5.41) is 0.733. The number of isocyanates is 1. The summed E-state index contributed by atoms with van der Waals surface area (Å²) in [6.07, 6.45) is 3.33. The second kappa shape index (κ2) is 4.85. The highest BCUT2D eigenvalue weighted by Crippen LogP contribution is 1.93. The highest BCUT2D eigenvalue weighted by Gasteiger charge is 1.97. The highest BCUT2D eigenvalue weighted by molar-refractivity contribution is 7.93. The van der Waals surface area contributed by atoms with E-state index in [9.17, 15) is 13.2 Å². The van der Waals surface area contributed by atoms with Crippen LogP contribution in [0.4, 0.5) is 0 Å². The Hall–Kier alpha value is -0.900. The van der Waals surface area contributed by atoms with E-state index < -0.39 is 10.0 Å². The second-order valence-corrected chi connectivity index (χ2v) is 3.08. The van der Waals surface area contributed by atoms with Gasteiger partial charge in [-0.25, -0.2) is 4.79 Å². The summed E-state index contributed by atoms with van der Waals surface area (Å²) in [6, 6.07) is 0. The van der Waals surface area contributed by atoms with Crippen molar-refractivity contribution in [3.05, 3.63) is 23.1 Å². The smallest absolute Gasteiger partial charge is 0.210 e. The van der Waals surface area contributed by atoms with Gasteiger partial charge in [-0.2, -0.15) is 8.42 Å². The van der Waals surface area contributed by atoms with Gasteiger partial charge in [-0.15, -0.1) is 0 Å². The van der Waals surface area contributed by atoms with Gasteiger partial charge in [-0.1, -0.05) is 22.1 Å². The molecule has 0 aliphatic rings. The third-order valence-electron chi connectivity index (χ3n) is 0.599. The van der Waals surface area contributed by atoms with Crippen molar-refractivity contribution in [1.29, 1.82) is 0 Å². The van der Waals surface area contributed by atoms with Crippen LogP contribution in [0.3, 0.4) is 0 Å². The Balaban J connectivity index is 4.50. The molecule has 6 heteroatoms. The predicted octanol–water partition coefficient (Wildman–Crippen LogP) is 0.918. The van der Waals surface area contributed by atoms with Gasteiger partial charge in [0.15, 0.2) is 0 Å². The quantitative estimate of drug-likeness (QED) is 0.380. The van der Waals surface area contributed by atoms with Crippen LogP contribution in [0.5, 0.6) is 0 Å². The maximum absolute atomic E-state index is 10.5. The Labute approximate surface area is 68.9 Å². The largest absolute Gasteiger partial charge is 0.285 e. The molecule has 0 unspecified atom stereocenters. The van der Waals surface area contributed by atoms with E-state index in [2.05, 4.69) is 4.40 Å². The molecule has 0 heterocycles. The van der Waals surface area contributed by atoms with Crippen molar-refractivity contribution in [3.63, 3.8) is 0 Å². The number of allylic oxidation sites excluding steroid dienone is 2. The molecule has 0 fully saturated rings. The first-order chi connectivity index (χ1) is 5.12. The lowest BCUT2D eigenvalue weighted by atomic mass is 10.6. The number of halogens is 1. The third kappa shape index (κ3) is 5.54. The minimum absolute atomic E-state index is 0.733. The third-order valence-corrected chi connectivity index (χ3v) is 1.57. The maximum Gasteiger partial charge on any atom is 0.285 e. The monoisotopic (exact) mass is 193 g/mol. The fraction of sp³-hybridized carbons (Fsp3) is 0. The summed E-state index contributed by atoms with van der Waals surface area (Å²) in [7, 11) is -3.79. The van der Waals surface area contributed by atoms with Crippen molar-refractivity contribution in [2.24, 2.45) is 4.40 Å². The summed E-state index contributed by atoms with van der Waals surface area (Å²) >= 11 is 5.07. The summed E-state index contributed by atoms with van der Waals surface area (Å²) in [4.78, 5) is 9.50. The molecule has 0 aromatic heterocycles. The number of nitrogens with zero attached hydrogens (tertiary/aromatic N) is 1. The van der Waals surface area contributed by atoms with Crippen LogP contribution in [-0.4, -0.2) is 14.5 Å². The number of hydrogen-bond acceptors (Lipinski definition) is 3. The molecule has 0 atom stereocenters. The van der Waals surface area contributed by atoms with Crippen LogP contribution in [0, 0.1) is 0 Å². The van der Waals surface area contributed by atoms with Crippen LogP contribution >= 0.6 is 11.6 Å². The molecule has 0 N–H and O–H groups in total. The van der Waals surface area contributed by atoms with Crippen LogP contribution < -0.4 is 0 Å². The van der Waals surface area contributed by atoms with Gasteiger partial charge in [0.2, 0.25) is 0 Å². The van der Waals surface area contributed by atoms with E-state index in [-0.39, 0.29) is 0 Å². The molecule has 0 amide bonds. The lowest BCUT2D eigenvalue weighted by molar-refractivity contribution is 0.564. The Morgan fingerprint density at radius 1 is 1.36 bits per heavy atom. The molecule has 0 aromatic carbocycles. The zero-order valence-electron chi connectivity index (χ0n) is 5.27. The first kappa shape index (κ1) is 10.1. The zero-order valence-corrected chi connectivity index (χ0v) is 6.84. The van der Waals surface area contributed by atoms with Gasteiger partial charge in [0.1, 0.15) is 0 Å². The normalized spacial score (nSPS) is 12.1. The van der Waals surface area contributed by atoms with Crippen molar-refractivity contribution in [3.8, 4) is 0 Å². The summed E-state index contributed by atoms with van der Waals surface area (Å²) in [6.45, 7) is 0. The summed E-state index contributed by atoms with van der Waals surface area (Å²) in [5.41, 5.74) is 1.12. The van der Waals surface area contributed by atoms with Crippen molar-refractivity contribution < 1.29 is 13.2 Å². The zero-order chi connectivity index (χ0) is 8.74. The lowest BCUT2D eigenvalue weighted by Gasteiger charge is -1.79. The molecule has 0 aromatic rings. The van der Waals surface area contributed by atoms with E-state index in [1.165, 1.54) is 6.08 Å². The maximum atomic E-state index is 10.5. The van der Waals surface area contributed by atoms with Gasteiger partial charge in [0.25, 0.3) is 16.1 Å². The van der Waals surface area contributed by atoms with Gasteiger partial charge in [-0.3, -0.25) is 0 Å². The molecule has 0 aliphatic heterocycles. The fourth-order valence-electron chi connectivity index (χ4n) is 0.269. The average Bonchev–Trinajstić information content (AvgIpc) is 1.87. The lowest BCUT2D eigenvalue weighted by Crippen LogP contribution is -1.86. The fourth-order valence-corrected chi connectivity index (χ4v) is 0.807. The SMILES string of the molecule is O=C=NS(=O)(=O)/C=C/C=C/Cl. The van der Waals surface area contributed by atoms with Crippen LogP contribution in [0.25, 0.3) is 0 Å². The summed E-state index contributed by atoms with van der Waals surface area (Å²) < 4.78 is 23.6. The standard InChI is InChI=1S/C5H4ClNO3S/c6-3-1-2-4-11(9,10)7-5-8/h1-4H/b3-1+,4-2+. The first-order valence-electron chi connectivity index (χ1n) is 2.40. The molecule has 60 valence electrons. The molecule has 0 saturated heterocycles. The number of carbonyl (C=O) groups excluding carboxylic acids is 1. The number of rotatable bonds is 3. The van der Waals surface area contributed by atoms with Crippen LogP contribution in [-0.2, 0) is 14.8 Å². The molecule has 0 aliphatic carbocycles. The molecule has 0 radical (unpaired) electrons. The molecular weight excluding hydrogens is 190 g/mol. The number of sulfonamides is 1. The molecular formula is C5H4ClNO3S. The molecule has 0 saturated carbocycles. The average molecular weight is 194 g/mol. The molecule has 11 heavy (non-hydrogen) atoms. The van der Waals surface area contributed by atoms with E-state index in [0.717, 1.165) is 23.1 Å². The van der Waals surface area contributed by atoms with Crippen LogP contribution in [0.1, 0.15) is 0 Å². The van der Waals surface area contributed by atoms with E-state index in [4.69, 9.17) is 11.6 Å². The summed E-state index contributed by atoms with van der Waals surface area (Å²) in [5.74, 6) is 0. The Morgan fingerprint density at radius 3 is 2.45 bits per heavy atom. The molecule has 4 nitrogen and oxygen atoms in total. The van der Waals surface area contributed by atoms with Gasteiger partial charge in [0.05, 0.1) is 5.41 Å². The number of hydrogen-bond donors (Lipinski definition) is 0. The van der Waals surface area contributed by atoms with Gasteiger partial charge in [0, 0.05) is 5.54 Å². The topological polar surface area (TPSA) is 63.6 Å². The molecule has 0 rings (SSSR count). The van der Waals surface area contributed by atoms with E-state index in [1.54, 1.807) is 0 Å². The van der Waals surface area contributed by atoms with Crippen molar-refractivity contribution in [1.82, 2.24) is 0 Å². The Morgan fingerprint density at radius 2 is 2.00 bits per heavy atom. The first-order valence-corrected chi connectivity index (χ1v) is 4.34. The van der Waals surface area contributed by atoms with Gasteiger partial charge >= 0.3 is 0 Å². The minimum Gasteiger partial charge on any atom is -0.210 e. The van der Waals surface area contributed by atoms with E-state index >= 15 is 0 Å². The molecule has 0 spiro atoms. The van der Waals surface area contributed by atoms with Gasteiger partial charge < -0.3 is 0 Å². The Kier molecular flexibility index (Phi) is 4.45. The minimum atomic E-state index is -3.79. The van der Waals surface area contributed by atoms with E-state index in [1.807, 2.05) is 0 Å². The Bertz CT molecular complexity index is 311. The van der Waals surface area contributed by atoms with Crippen LogP contribution in [0.15, 0.2) is 27.5 Å².